The predicted molar refractivity (Wildman–Crippen MR) is 112 cm³/mol. The number of hydrogen-bond acceptors (Lipinski definition) is 7. The summed E-state index contributed by atoms with van der Waals surface area (Å²) in [7, 11) is -1.67. The van der Waals surface area contributed by atoms with E-state index in [0.717, 1.165) is 11.3 Å². The number of benzene rings is 1. The average Bonchev–Trinajstić information content (AvgIpc) is 3.18. The standard InChI is InChI=1S/C19H23N5O4S/c1-3-29(25,26)24-15-6-4-14(5-7-15)17-12-19(23-22-17)21-18-9-8-16(13-20-18)28-11-10-27-2/h4-9,12-13,24H,3,10-11H2,1-2H3,(H2,20,21,22,23). The Morgan fingerprint density at radius 2 is 1.86 bits per heavy atom. The number of sulfonamides is 1. The molecule has 2 aromatic heterocycles. The Morgan fingerprint density at radius 3 is 2.52 bits per heavy atom. The van der Waals surface area contributed by atoms with Crippen LogP contribution >= 0.6 is 0 Å². The number of rotatable bonds is 10. The molecule has 0 radical (unpaired) electrons. The van der Waals surface area contributed by atoms with Gasteiger partial charge < -0.3 is 14.8 Å². The summed E-state index contributed by atoms with van der Waals surface area (Å²) in [6.45, 7) is 2.57. The van der Waals surface area contributed by atoms with Gasteiger partial charge >= 0.3 is 0 Å². The summed E-state index contributed by atoms with van der Waals surface area (Å²) >= 11 is 0. The van der Waals surface area contributed by atoms with Crippen molar-refractivity contribution >= 4 is 27.3 Å². The SMILES string of the molecule is CCS(=O)(=O)Nc1ccc(-c2cc(Nc3ccc(OCCOC)cn3)n[nH]2)cc1. The Morgan fingerprint density at radius 1 is 1.07 bits per heavy atom. The lowest BCUT2D eigenvalue weighted by Gasteiger charge is -2.06. The van der Waals surface area contributed by atoms with Crippen molar-refractivity contribution in [2.24, 2.45) is 0 Å². The van der Waals surface area contributed by atoms with E-state index in [1.165, 1.54) is 0 Å². The highest BCUT2D eigenvalue weighted by Crippen LogP contribution is 2.24. The second-order valence-corrected chi connectivity index (χ2v) is 8.11. The largest absolute Gasteiger partial charge is 0.490 e. The fourth-order valence-corrected chi connectivity index (χ4v) is 3.06. The van der Waals surface area contributed by atoms with Gasteiger partial charge in [-0.05, 0) is 36.8 Å². The molecule has 154 valence electrons. The number of ether oxygens (including phenoxy) is 2. The number of nitrogens with zero attached hydrogens (tertiary/aromatic N) is 2. The van der Waals surface area contributed by atoms with Gasteiger partial charge in [0.1, 0.15) is 18.2 Å². The van der Waals surface area contributed by atoms with E-state index in [2.05, 4.69) is 25.2 Å². The third kappa shape index (κ3) is 5.93. The molecule has 0 fully saturated rings. The van der Waals surface area contributed by atoms with Crippen LogP contribution in [0.15, 0.2) is 48.7 Å². The zero-order valence-electron chi connectivity index (χ0n) is 16.2. The number of anilines is 3. The number of nitrogens with one attached hydrogen (secondary N) is 3. The van der Waals surface area contributed by atoms with Crippen LogP contribution in [0.4, 0.5) is 17.3 Å². The first-order valence-electron chi connectivity index (χ1n) is 9.00. The highest BCUT2D eigenvalue weighted by atomic mass is 32.2. The van der Waals surface area contributed by atoms with Gasteiger partial charge in [-0.2, -0.15) is 5.10 Å². The molecule has 0 spiro atoms. The molecule has 3 rings (SSSR count). The molecule has 3 aromatic rings. The molecule has 0 aliphatic rings. The Balaban J connectivity index is 1.62. The Hall–Kier alpha value is -3.11. The molecule has 2 heterocycles. The molecular formula is C19H23N5O4S. The summed E-state index contributed by atoms with van der Waals surface area (Å²) < 4.78 is 36.2. The van der Waals surface area contributed by atoms with Crippen molar-refractivity contribution in [2.75, 3.05) is 36.1 Å². The van der Waals surface area contributed by atoms with E-state index in [4.69, 9.17) is 9.47 Å². The maximum atomic E-state index is 11.6. The van der Waals surface area contributed by atoms with E-state index < -0.39 is 10.0 Å². The zero-order valence-corrected chi connectivity index (χ0v) is 17.0. The molecule has 0 bridgehead atoms. The number of aromatic nitrogens is 3. The minimum Gasteiger partial charge on any atom is -0.490 e. The summed E-state index contributed by atoms with van der Waals surface area (Å²) in [5.41, 5.74) is 2.18. The summed E-state index contributed by atoms with van der Waals surface area (Å²) in [5, 5.41) is 10.3. The first-order chi connectivity index (χ1) is 14.0. The van der Waals surface area contributed by atoms with Crippen LogP contribution < -0.4 is 14.8 Å². The van der Waals surface area contributed by atoms with E-state index >= 15 is 0 Å². The fourth-order valence-electron chi connectivity index (χ4n) is 2.42. The van der Waals surface area contributed by atoms with Gasteiger partial charge in [-0.3, -0.25) is 9.82 Å². The molecule has 10 heteroatoms. The molecule has 0 saturated heterocycles. The summed E-state index contributed by atoms with van der Waals surface area (Å²) in [6.07, 6.45) is 1.63. The van der Waals surface area contributed by atoms with Crippen molar-refractivity contribution in [3.05, 3.63) is 48.7 Å². The van der Waals surface area contributed by atoms with E-state index in [1.807, 2.05) is 24.3 Å². The van der Waals surface area contributed by atoms with Gasteiger partial charge in [-0.25, -0.2) is 13.4 Å². The number of methoxy groups -OCH3 is 1. The molecule has 1 aromatic carbocycles. The number of pyridine rings is 1. The quantitative estimate of drug-likeness (QED) is 0.434. The van der Waals surface area contributed by atoms with Crippen LogP contribution in [0.3, 0.4) is 0 Å². The maximum absolute atomic E-state index is 11.6. The molecule has 9 nitrogen and oxygen atoms in total. The van der Waals surface area contributed by atoms with Gasteiger partial charge in [0.2, 0.25) is 10.0 Å². The summed E-state index contributed by atoms with van der Waals surface area (Å²) in [5.74, 6) is 1.93. The molecule has 3 N–H and O–H groups in total. The molecule has 0 aliphatic heterocycles. The van der Waals surface area contributed by atoms with Gasteiger partial charge in [-0.15, -0.1) is 0 Å². The van der Waals surface area contributed by atoms with Crippen molar-refractivity contribution < 1.29 is 17.9 Å². The third-order valence-corrected chi connectivity index (χ3v) is 5.28. The van der Waals surface area contributed by atoms with Crippen LogP contribution in [0.1, 0.15) is 6.92 Å². The van der Waals surface area contributed by atoms with Crippen molar-refractivity contribution in [2.45, 2.75) is 6.92 Å². The zero-order chi connectivity index (χ0) is 20.7. The fraction of sp³-hybridized carbons (Fsp3) is 0.263. The molecule has 0 saturated carbocycles. The van der Waals surface area contributed by atoms with Gasteiger partial charge in [-0.1, -0.05) is 12.1 Å². The highest BCUT2D eigenvalue weighted by Gasteiger charge is 2.08. The van der Waals surface area contributed by atoms with Crippen LogP contribution in [-0.2, 0) is 14.8 Å². The van der Waals surface area contributed by atoms with Gasteiger partial charge in [0.25, 0.3) is 0 Å². The second kappa shape index (κ2) is 9.39. The number of H-pyrrole nitrogens is 1. The summed E-state index contributed by atoms with van der Waals surface area (Å²) in [6, 6.07) is 12.5. The van der Waals surface area contributed by atoms with Gasteiger partial charge in [0.15, 0.2) is 5.82 Å². The minimum atomic E-state index is -3.29. The maximum Gasteiger partial charge on any atom is 0.232 e. The molecule has 0 unspecified atom stereocenters. The smallest absolute Gasteiger partial charge is 0.232 e. The Labute approximate surface area is 169 Å². The van der Waals surface area contributed by atoms with Crippen molar-refractivity contribution in [3.63, 3.8) is 0 Å². The van der Waals surface area contributed by atoms with Crippen LogP contribution in [0.2, 0.25) is 0 Å². The lowest BCUT2D eigenvalue weighted by molar-refractivity contribution is 0.146. The van der Waals surface area contributed by atoms with Crippen LogP contribution in [-0.4, -0.2) is 49.7 Å². The highest BCUT2D eigenvalue weighted by molar-refractivity contribution is 7.92. The lowest BCUT2D eigenvalue weighted by Crippen LogP contribution is -2.14. The molecule has 0 atom stereocenters. The predicted octanol–water partition coefficient (Wildman–Crippen LogP) is 3.00. The summed E-state index contributed by atoms with van der Waals surface area (Å²) in [4.78, 5) is 4.29. The normalized spacial score (nSPS) is 11.2. The van der Waals surface area contributed by atoms with Crippen LogP contribution in [0, 0.1) is 0 Å². The number of hydrogen-bond donors (Lipinski definition) is 3. The molecule has 0 aliphatic carbocycles. The minimum absolute atomic E-state index is 0.0264. The van der Waals surface area contributed by atoms with Crippen LogP contribution in [0.5, 0.6) is 5.75 Å². The molecule has 0 amide bonds. The van der Waals surface area contributed by atoms with E-state index in [-0.39, 0.29) is 5.75 Å². The second-order valence-electron chi connectivity index (χ2n) is 6.10. The molecular weight excluding hydrogens is 394 g/mol. The van der Waals surface area contributed by atoms with Crippen molar-refractivity contribution in [1.29, 1.82) is 0 Å². The lowest BCUT2D eigenvalue weighted by atomic mass is 10.1. The van der Waals surface area contributed by atoms with E-state index in [0.29, 0.717) is 36.3 Å². The van der Waals surface area contributed by atoms with Gasteiger partial charge in [0, 0.05) is 18.9 Å². The Kier molecular flexibility index (Phi) is 6.68. The van der Waals surface area contributed by atoms with Crippen LogP contribution in [0.25, 0.3) is 11.3 Å². The van der Waals surface area contributed by atoms with Gasteiger partial charge in [0.05, 0.1) is 24.3 Å². The Bertz CT molecular complexity index is 1020. The van der Waals surface area contributed by atoms with Crippen molar-refractivity contribution in [1.82, 2.24) is 15.2 Å². The number of aromatic amines is 1. The molecule has 29 heavy (non-hydrogen) atoms. The third-order valence-electron chi connectivity index (χ3n) is 3.98. The average molecular weight is 417 g/mol. The first-order valence-corrected chi connectivity index (χ1v) is 10.7. The van der Waals surface area contributed by atoms with E-state index in [9.17, 15) is 8.42 Å². The van der Waals surface area contributed by atoms with Crippen molar-refractivity contribution in [3.8, 4) is 17.0 Å². The van der Waals surface area contributed by atoms with E-state index in [1.54, 1.807) is 38.4 Å². The first kappa shape index (κ1) is 20.6. The topological polar surface area (TPSA) is 118 Å². The monoisotopic (exact) mass is 417 g/mol.